The quantitative estimate of drug-likeness (QED) is 0.705. The Balaban J connectivity index is 1.85. The summed E-state index contributed by atoms with van der Waals surface area (Å²) in [5.41, 5.74) is 1.11. The van der Waals surface area contributed by atoms with Crippen molar-refractivity contribution in [3.05, 3.63) is 78.6 Å². The molecular weight excluding hydrogens is 236 g/mol. The summed E-state index contributed by atoms with van der Waals surface area (Å²) in [6.45, 7) is 0.704. The highest BCUT2D eigenvalue weighted by atomic mass is 16.5. The molecule has 3 nitrogen and oxygen atoms in total. The fraction of sp³-hybridized carbons (Fsp3) is 0.0625. The number of hydrogen-bond donors (Lipinski definition) is 0. The molecule has 19 heavy (non-hydrogen) atoms. The number of hydrogen-bond acceptors (Lipinski definition) is 2. The van der Waals surface area contributed by atoms with Crippen LogP contribution in [0.5, 0.6) is 11.5 Å². The lowest BCUT2D eigenvalue weighted by atomic mass is 10.2. The lowest BCUT2D eigenvalue weighted by molar-refractivity contribution is 0.472. The van der Waals surface area contributed by atoms with E-state index in [-0.39, 0.29) is 0 Å². The first kappa shape index (κ1) is 11.5. The van der Waals surface area contributed by atoms with E-state index in [2.05, 4.69) is 11.2 Å². The van der Waals surface area contributed by atoms with Gasteiger partial charge in [0, 0.05) is 18.0 Å². The molecule has 1 aromatic heterocycles. The van der Waals surface area contributed by atoms with Crippen molar-refractivity contribution in [3.63, 3.8) is 0 Å². The molecule has 0 aliphatic rings. The van der Waals surface area contributed by atoms with Crippen molar-refractivity contribution < 1.29 is 4.74 Å². The van der Waals surface area contributed by atoms with Crippen LogP contribution in [0.3, 0.4) is 0 Å². The molecule has 3 rings (SSSR count). The summed E-state index contributed by atoms with van der Waals surface area (Å²) >= 11 is 0. The van der Waals surface area contributed by atoms with Crippen LogP contribution in [0.2, 0.25) is 0 Å². The normalized spacial score (nSPS) is 10.3. The maximum absolute atomic E-state index is 5.92. The van der Waals surface area contributed by atoms with Gasteiger partial charge in [-0.05, 0) is 24.3 Å². The van der Waals surface area contributed by atoms with Crippen LogP contribution < -0.4 is 4.74 Å². The molecule has 0 fully saturated rings. The Morgan fingerprint density at radius 1 is 0.895 bits per heavy atom. The van der Waals surface area contributed by atoms with E-state index < -0.39 is 0 Å². The third-order valence-corrected chi connectivity index (χ3v) is 2.84. The minimum atomic E-state index is 0.704. The van der Waals surface area contributed by atoms with Gasteiger partial charge >= 0.3 is 0 Å². The second-order valence-electron chi connectivity index (χ2n) is 4.23. The van der Waals surface area contributed by atoms with Gasteiger partial charge in [-0.25, -0.2) is 0 Å². The number of para-hydroxylation sites is 2. The first-order chi connectivity index (χ1) is 9.42. The van der Waals surface area contributed by atoms with Crippen molar-refractivity contribution in [1.29, 1.82) is 0 Å². The van der Waals surface area contributed by atoms with Gasteiger partial charge in [0.2, 0.25) is 0 Å². The molecule has 0 unspecified atom stereocenters. The Morgan fingerprint density at radius 2 is 1.68 bits per heavy atom. The molecule has 0 N–H and O–H groups in total. The second-order valence-corrected chi connectivity index (χ2v) is 4.23. The van der Waals surface area contributed by atoms with E-state index in [1.54, 1.807) is 6.20 Å². The van der Waals surface area contributed by atoms with E-state index in [1.807, 2.05) is 65.5 Å². The van der Waals surface area contributed by atoms with Gasteiger partial charge in [-0.1, -0.05) is 36.4 Å². The Kier molecular flexibility index (Phi) is 3.28. The molecule has 0 aliphatic carbocycles. The molecular formula is C16H14N2O. The molecule has 0 bridgehead atoms. The molecule has 3 heteroatoms. The van der Waals surface area contributed by atoms with Crippen LogP contribution in [-0.4, -0.2) is 9.78 Å². The van der Waals surface area contributed by atoms with Gasteiger partial charge in [-0.3, -0.25) is 4.68 Å². The van der Waals surface area contributed by atoms with Crippen molar-refractivity contribution in [1.82, 2.24) is 9.78 Å². The van der Waals surface area contributed by atoms with Gasteiger partial charge in [0.15, 0.2) is 0 Å². The average Bonchev–Trinajstić information content (AvgIpc) is 2.95. The predicted molar refractivity (Wildman–Crippen MR) is 74.3 cm³/mol. The third-order valence-electron chi connectivity index (χ3n) is 2.84. The molecule has 0 radical (unpaired) electrons. The van der Waals surface area contributed by atoms with E-state index >= 15 is 0 Å². The van der Waals surface area contributed by atoms with Gasteiger partial charge in [0.05, 0.1) is 6.54 Å². The van der Waals surface area contributed by atoms with Crippen LogP contribution >= 0.6 is 0 Å². The average molecular weight is 250 g/mol. The third kappa shape index (κ3) is 2.83. The molecule has 3 aromatic rings. The molecule has 2 aromatic carbocycles. The highest BCUT2D eigenvalue weighted by molar-refractivity contribution is 5.37. The van der Waals surface area contributed by atoms with E-state index in [9.17, 15) is 0 Å². The minimum absolute atomic E-state index is 0.704. The zero-order valence-electron chi connectivity index (χ0n) is 10.4. The lowest BCUT2D eigenvalue weighted by Crippen LogP contribution is -2.01. The van der Waals surface area contributed by atoms with Crippen molar-refractivity contribution in [2.24, 2.45) is 0 Å². The zero-order chi connectivity index (χ0) is 12.9. The molecule has 0 spiro atoms. The monoisotopic (exact) mass is 250 g/mol. The highest BCUT2D eigenvalue weighted by Gasteiger charge is 2.05. The maximum Gasteiger partial charge on any atom is 0.132 e. The summed E-state index contributed by atoms with van der Waals surface area (Å²) in [7, 11) is 0. The van der Waals surface area contributed by atoms with E-state index in [0.29, 0.717) is 6.54 Å². The SMILES string of the molecule is c1ccc(Oc2ccccc2Cn2cccn2)cc1. The smallest absolute Gasteiger partial charge is 0.132 e. The number of nitrogens with zero attached hydrogens (tertiary/aromatic N) is 2. The van der Waals surface area contributed by atoms with Crippen molar-refractivity contribution in [2.75, 3.05) is 0 Å². The van der Waals surface area contributed by atoms with Crippen LogP contribution in [0.25, 0.3) is 0 Å². The van der Waals surface area contributed by atoms with Crippen LogP contribution in [0, 0.1) is 0 Å². The highest BCUT2D eigenvalue weighted by Crippen LogP contribution is 2.25. The molecule has 1 heterocycles. The number of aromatic nitrogens is 2. The Labute approximate surface area is 112 Å². The Hall–Kier alpha value is -2.55. The summed E-state index contributed by atoms with van der Waals surface area (Å²) in [6, 6.07) is 19.7. The van der Waals surface area contributed by atoms with E-state index in [1.165, 1.54) is 0 Å². The van der Waals surface area contributed by atoms with Gasteiger partial charge in [0.25, 0.3) is 0 Å². The maximum atomic E-state index is 5.92. The van der Waals surface area contributed by atoms with Crippen molar-refractivity contribution >= 4 is 0 Å². The summed E-state index contributed by atoms with van der Waals surface area (Å²) in [5, 5.41) is 4.22. The fourth-order valence-corrected chi connectivity index (χ4v) is 1.92. The topological polar surface area (TPSA) is 27.1 Å². The number of benzene rings is 2. The first-order valence-corrected chi connectivity index (χ1v) is 6.20. The van der Waals surface area contributed by atoms with Gasteiger partial charge in [0.1, 0.15) is 11.5 Å². The van der Waals surface area contributed by atoms with Crippen molar-refractivity contribution in [2.45, 2.75) is 6.54 Å². The van der Waals surface area contributed by atoms with Crippen LogP contribution in [0.15, 0.2) is 73.1 Å². The van der Waals surface area contributed by atoms with E-state index in [0.717, 1.165) is 17.1 Å². The Bertz CT molecular complexity index is 633. The molecule has 0 aliphatic heterocycles. The van der Waals surface area contributed by atoms with Gasteiger partial charge in [-0.2, -0.15) is 5.10 Å². The largest absolute Gasteiger partial charge is 0.457 e. The lowest BCUT2D eigenvalue weighted by Gasteiger charge is -2.11. The predicted octanol–water partition coefficient (Wildman–Crippen LogP) is 3.72. The summed E-state index contributed by atoms with van der Waals surface area (Å²) < 4.78 is 7.80. The summed E-state index contributed by atoms with van der Waals surface area (Å²) in [6.07, 6.45) is 3.72. The Morgan fingerprint density at radius 3 is 2.47 bits per heavy atom. The molecule has 0 amide bonds. The second kappa shape index (κ2) is 5.40. The number of rotatable bonds is 4. The van der Waals surface area contributed by atoms with Gasteiger partial charge in [-0.15, -0.1) is 0 Å². The van der Waals surface area contributed by atoms with Crippen LogP contribution in [0.1, 0.15) is 5.56 Å². The van der Waals surface area contributed by atoms with Crippen LogP contribution in [0.4, 0.5) is 0 Å². The molecule has 0 saturated carbocycles. The summed E-state index contributed by atoms with van der Waals surface area (Å²) in [5.74, 6) is 1.71. The fourth-order valence-electron chi connectivity index (χ4n) is 1.92. The standard InChI is InChI=1S/C16H14N2O/c1-2-8-15(9-3-1)19-16-10-5-4-7-14(16)13-18-12-6-11-17-18/h1-12H,13H2. The molecule has 94 valence electrons. The van der Waals surface area contributed by atoms with E-state index in [4.69, 9.17) is 4.74 Å². The number of ether oxygens (including phenoxy) is 1. The minimum Gasteiger partial charge on any atom is -0.457 e. The summed E-state index contributed by atoms with van der Waals surface area (Å²) in [4.78, 5) is 0. The zero-order valence-corrected chi connectivity index (χ0v) is 10.4. The molecule has 0 saturated heterocycles. The van der Waals surface area contributed by atoms with Crippen molar-refractivity contribution in [3.8, 4) is 11.5 Å². The van der Waals surface area contributed by atoms with Crippen LogP contribution in [-0.2, 0) is 6.54 Å². The first-order valence-electron chi connectivity index (χ1n) is 6.20. The molecule has 0 atom stereocenters. The van der Waals surface area contributed by atoms with Gasteiger partial charge < -0.3 is 4.74 Å².